The molecule has 1 amide bonds. The number of fused-ring (bicyclic) bond motifs is 1. The van der Waals surface area contributed by atoms with Crippen LogP contribution in [-0.2, 0) is 19.3 Å². The number of hydrazone groups is 1. The molecule has 0 unspecified atom stereocenters. The molecular weight excluding hydrogens is 447 g/mol. The first-order chi connectivity index (χ1) is 16.2. The lowest BCUT2D eigenvalue weighted by Gasteiger charge is -2.19. The maximum atomic E-state index is 13.0. The predicted molar refractivity (Wildman–Crippen MR) is 122 cm³/mol. The number of hydrogen-bond acceptors (Lipinski definition) is 5. The number of phenolic OH excluding ortho intramolecular Hbond substituents is 1. The largest absolute Gasteiger partial charge is 0.504 e. The number of hydrogen-bond donors (Lipinski definition) is 2. The van der Waals surface area contributed by atoms with E-state index in [1.807, 2.05) is 4.90 Å². The molecule has 2 N–H and O–H groups in total. The molecule has 34 heavy (non-hydrogen) atoms. The van der Waals surface area contributed by atoms with E-state index in [0.717, 1.165) is 23.3 Å². The Hall–Kier alpha value is -4.01. The van der Waals surface area contributed by atoms with Crippen molar-refractivity contribution in [2.45, 2.75) is 26.2 Å². The predicted octanol–water partition coefficient (Wildman–Crippen LogP) is 5.09. The van der Waals surface area contributed by atoms with Crippen LogP contribution in [-0.4, -0.2) is 23.8 Å². The molecule has 1 heterocycles. The maximum absolute atomic E-state index is 13.0. The van der Waals surface area contributed by atoms with Crippen LogP contribution in [0.5, 0.6) is 11.5 Å². The van der Waals surface area contributed by atoms with Crippen LogP contribution < -0.4 is 15.1 Å². The van der Waals surface area contributed by atoms with E-state index in [2.05, 4.69) is 10.5 Å². The molecule has 4 rings (SSSR count). The van der Waals surface area contributed by atoms with Crippen molar-refractivity contribution in [2.24, 2.45) is 5.10 Å². The van der Waals surface area contributed by atoms with E-state index in [1.54, 1.807) is 43.3 Å². The Morgan fingerprint density at radius 2 is 1.91 bits per heavy atom. The average molecular weight is 469 g/mol. The zero-order valence-electron chi connectivity index (χ0n) is 18.3. The smallest absolute Gasteiger partial charge is 0.416 e. The van der Waals surface area contributed by atoms with Crippen LogP contribution in [0.25, 0.3) is 0 Å². The second-order valence-electron chi connectivity index (χ2n) is 7.75. The zero-order chi connectivity index (χ0) is 24.3. The van der Waals surface area contributed by atoms with Crippen molar-refractivity contribution in [3.63, 3.8) is 0 Å². The van der Waals surface area contributed by atoms with Crippen LogP contribution in [0.1, 0.15) is 39.5 Å². The molecule has 6 nitrogen and oxygen atoms in total. The minimum Gasteiger partial charge on any atom is -0.504 e. The Morgan fingerprint density at radius 3 is 2.68 bits per heavy atom. The lowest BCUT2D eigenvalue weighted by atomic mass is 10.1. The molecule has 1 aliphatic heterocycles. The highest BCUT2D eigenvalue weighted by molar-refractivity contribution is 5.95. The molecule has 9 heteroatoms. The summed E-state index contributed by atoms with van der Waals surface area (Å²) >= 11 is 0. The summed E-state index contributed by atoms with van der Waals surface area (Å²) in [6, 6.07) is 15.1. The monoisotopic (exact) mass is 469 g/mol. The molecule has 0 aromatic heterocycles. The Balaban J connectivity index is 1.42. The molecule has 3 aromatic rings. The lowest BCUT2D eigenvalue weighted by Crippen LogP contribution is -2.18. The molecule has 3 aromatic carbocycles. The van der Waals surface area contributed by atoms with Gasteiger partial charge in [-0.05, 0) is 72.1 Å². The third-order valence-electron chi connectivity index (χ3n) is 5.39. The highest BCUT2D eigenvalue weighted by Crippen LogP contribution is 2.34. The van der Waals surface area contributed by atoms with Crippen molar-refractivity contribution < 1.29 is 27.8 Å². The van der Waals surface area contributed by atoms with Gasteiger partial charge in [-0.25, -0.2) is 5.43 Å². The second-order valence-corrected chi connectivity index (χ2v) is 7.75. The number of benzene rings is 3. The first kappa shape index (κ1) is 23.2. The number of halogens is 3. The number of nitrogens with one attached hydrogen (secondary N) is 1. The van der Waals surface area contributed by atoms with E-state index in [-0.39, 0.29) is 5.75 Å². The number of alkyl halides is 3. The number of ether oxygens (including phenoxy) is 1. The fraction of sp³-hybridized carbons (Fsp3) is 0.200. The Labute approximate surface area is 194 Å². The maximum Gasteiger partial charge on any atom is 0.416 e. The lowest BCUT2D eigenvalue weighted by molar-refractivity contribution is -0.137. The van der Waals surface area contributed by atoms with Gasteiger partial charge in [-0.15, -0.1) is 0 Å². The zero-order valence-corrected chi connectivity index (χ0v) is 18.3. The van der Waals surface area contributed by atoms with Crippen molar-refractivity contribution in [3.8, 4) is 11.5 Å². The van der Waals surface area contributed by atoms with Gasteiger partial charge < -0.3 is 14.7 Å². The molecule has 0 fully saturated rings. The first-order valence-corrected chi connectivity index (χ1v) is 10.6. The molecule has 0 radical (unpaired) electrons. The number of rotatable bonds is 6. The van der Waals surface area contributed by atoms with E-state index in [9.17, 15) is 23.1 Å². The summed E-state index contributed by atoms with van der Waals surface area (Å²) < 4.78 is 44.5. The van der Waals surface area contributed by atoms with Crippen molar-refractivity contribution in [1.29, 1.82) is 0 Å². The average Bonchev–Trinajstić information content (AvgIpc) is 3.24. The molecule has 0 spiro atoms. The summed E-state index contributed by atoms with van der Waals surface area (Å²) in [5, 5.41) is 13.7. The van der Waals surface area contributed by atoms with Gasteiger partial charge in [0.2, 0.25) is 0 Å². The van der Waals surface area contributed by atoms with Gasteiger partial charge in [-0.1, -0.05) is 12.1 Å². The van der Waals surface area contributed by atoms with Gasteiger partial charge in [0, 0.05) is 24.3 Å². The molecule has 0 saturated heterocycles. The van der Waals surface area contributed by atoms with Crippen LogP contribution >= 0.6 is 0 Å². The number of carbonyl (C=O) groups is 1. The summed E-state index contributed by atoms with van der Waals surface area (Å²) in [5.74, 6) is -0.0811. The molecule has 0 bridgehead atoms. The summed E-state index contributed by atoms with van der Waals surface area (Å²) in [6.07, 6.45) is -2.97. The van der Waals surface area contributed by atoms with Gasteiger partial charge in [0.25, 0.3) is 5.91 Å². The SMILES string of the molecule is CCOc1cc(/C=N\NC(=O)c2ccc3c(c2)CN(c2cccc(C(F)(F)F)c2)C3)ccc1O. The fourth-order valence-corrected chi connectivity index (χ4v) is 3.71. The van der Waals surface area contributed by atoms with E-state index < -0.39 is 17.6 Å². The second kappa shape index (κ2) is 9.46. The van der Waals surface area contributed by atoms with Crippen molar-refractivity contribution in [3.05, 3.63) is 88.5 Å². The summed E-state index contributed by atoms with van der Waals surface area (Å²) in [7, 11) is 0. The Kier molecular flexibility index (Phi) is 6.45. The third kappa shape index (κ3) is 5.14. The van der Waals surface area contributed by atoms with Gasteiger partial charge in [-0.3, -0.25) is 4.79 Å². The molecule has 176 valence electrons. The number of amides is 1. The normalized spacial score (nSPS) is 13.2. The fourth-order valence-electron chi connectivity index (χ4n) is 3.71. The summed E-state index contributed by atoms with van der Waals surface area (Å²) in [5.41, 5.74) is 5.08. The highest BCUT2D eigenvalue weighted by atomic mass is 19.4. The summed E-state index contributed by atoms with van der Waals surface area (Å²) in [6.45, 7) is 3.05. The topological polar surface area (TPSA) is 74.2 Å². The minimum absolute atomic E-state index is 0.0142. The number of nitrogens with zero attached hydrogens (tertiary/aromatic N) is 2. The van der Waals surface area contributed by atoms with Crippen molar-refractivity contribution in [2.75, 3.05) is 11.5 Å². The van der Waals surface area contributed by atoms with Crippen molar-refractivity contribution in [1.82, 2.24) is 5.43 Å². The number of aromatic hydroxyl groups is 1. The van der Waals surface area contributed by atoms with Gasteiger partial charge in [0.15, 0.2) is 11.5 Å². The van der Waals surface area contributed by atoms with Gasteiger partial charge in [-0.2, -0.15) is 18.3 Å². The highest BCUT2D eigenvalue weighted by Gasteiger charge is 2.31. The van der Waals surface area contributed by atoms with E-state index in [1.165, 1.54) is 18.3 Å². The molecule has 0 aliphatic carbocycles. The minimum atomic E-state index is -4.40. The third-order valence-corrected chi connectivity index (χ3v) is 5.39. The standard InChI is InChI=1S/C25H22F3N3O3/c1-2-34-23-10-16(6-9-22(23)32)13-29-30-24(33)17-7-8-18-14-31(15-19(18)11-17)21-5-3-4-20(12-21)25(26,27)28/h3-13,32H,2,14-15H2,1H3,(H,30,33)/b29-13-. The summed E-state index contributed by atoms with van der Waals surface area (Å²) in [4.78, 5) is 14.4. The van der Waals surface area contributed by atoms with E-state index in [0.29, 0.717) is 42.3 Å². The molecular formula is C25H22F3N3O3. The van der Waals surface area contributed by atoms with E-state index >= 15 is 0 Å². The Bertz CT molecular complexity index is 1240. The van der Waals surface area contributed by atoms with Crippen molar-refractivity contribution >= 4 is 17.8 Å². The van der Waals surface area contributed by atoms with Crippen LogP contribution in [0.4, 0.5) is 18.9 Å². The van der Waals surface area contributed by atoms with Crippen LogP contribution in [0.2, 0.25) is 0 Å². The van der Waals surface area contributed by atoms with Crippen LogP contribution in [0.15, 0.2) is 65.8 Å². The van der Waals surface area contributed by atoms with Gasteiger partial charge >= 0.3 is 6.18 Å². The van der Waals surface area contributed by atoms with Crippen LogP contribution in [0, 0.1) is 0 Å². The number of anilines is 1. The Morgan fingerprint density at radius 1 is 1.12 bits per heavy atom. The molecule has 0 saturated carbocycles. The number of phenols is 1. The quantitative estimate of drug-likeness (QED) is 0.390. The van der Waals surface area contributed by atoms with E-state index in [4.69, 9.17) is 4.74 Å². The number of carbonyl (C=O) groups excluding carboxylic acids is 1. The molecule has 0 atom stereocenters. The van der Waals surface area contributed by atoms with Crippen LogP contribution in [0.3, 0.4) is 0 Å². The van der Waals surface area contributed by atoms with Gasteiger partial charge in [0.05, 0.1) is 18.4 Å². The van der Waals surface area contributed by atoms with Gasteiger partial charge in [0.1, 0.15) is 0 Å². The molecule has 1 aliphatic rings. The first-order valence-electron chi connectivity index (χ1n) is 10.6.